The van der Waals surface area contributed by atoms with Crippen LogP contribution >= 0.6 is 0 Å². The summed E-state index contributed by atoms with van der Waals surface area (Å²) in [7, 11) is 0. The van der Waals surface area contributed by atoms with Gasteiger partial charge in [0.05, 0.1) is 0 Å². The molecule has 1 aromatic rings. The number of carbonyl (C=O) groups excluding carboxylic acids is 1. The van der Waals surface area contributed by atoms with E-state index in [0.29, 0.717) is 6.42 Å². The van der Waals surface area contributed by atoms with Gasteiger partial charge in [0.25, 0.3) is 0 Å². The van der Waals surface area contributed by atoms with Crippen LogP contribution in [-0.4, -0.2) is 21.8 Å². The first-order valence-corrected chi connectivity index (χ1v) is 7.28. The molecule has 3 heteroatoms. The number of anilines is 1. The van der Waals surface area contributed by atoms with Crippen molar-refractivity contribution in [1.82, 2.24) is 4.98 Å². The molecular weight excluding hydrogens is 248 g/mol. The van der Waals surface area contributed by atoms with Crippen LogP contribution in [0.15, 0.2) is 12.3 Å². The Balaban J connectivity index is 3.32. The van der Waals surface area contributed by atoms with E-state index in [4.69, 9.17) is 0 Å². The second-order valence-electron chi connectivity index (χ2n) is 7.31. The zero-order valence-electron chi connectivity index (χ0n) is 14.2. The average molecular weight is 276 g/mol. The van der Waals surface area contributed by atoms with Crippen molar-refractivity contribution >= 4 is 11.6 Å². The molecule has 0 aliphatic heterocycles. The molecule has 0 saturated heterocycles. The van der Waals surface area contributed by atoms with E-state index in [9.17, 15) is 4.79 Å². The molecule has 0 fully saturated rings. The Labute approximate surface area is 123 Å². The standard InChI is InChI=1S/C17H28N2O/c1-9-14(20)13-11-18-15(10-12(13)2)19(16(3,4)5)17(6,7)8/h10-11H,9H2,1-8H3. The fourth-order valence-electron chi connectivity index (χ4n) is 2.84. The maximum absolute atomic E-state index is 11.9. The van der Waals surface area contributed by atoms with Crippen molar-refractivity contribution in [3.8, 4) is 0 Å². The van der Waals surface area contributed by atoms with E-state index in [1.165, 1.54) is 0 Å². The van der Waals surface area contributed by atoms with Gasteiger partial charge in [-0.3, -0.25) is 4.79 Å². The van der Waals surface area contributed by atoms with E-state index in [1.807, 2.05) is 19.9 Å². The van der Waals surface area contributed by atoms with E-state index in [2.05, 4.69) is 51.4 Å². The fourth-order valence-corrected chi connectivity index (χ4v) is 2.84. The number of hydrogen-bond donors (Lipinski definition) is 0. The highest BCUT2D eigenvalue weighted by atomic mass is 16.1. The van der Waals surface area contributed by atoms with Crippen molar-refractivity contribution in [2.45, 2.75) is 72.9 Å². The van der Waals surface area contributed by atoms with Crippen molar-refractivity contribution in [2.75, 3.05) is 4.90 Å². The van der Waals surface area contributed by atoms with Gasteiger partial charge in [-0.15, -0.1) is 0 Å². The first kappa shape index (κ1) is 16.7. The Kier molecular flexibility index (Phi) is 4.62. The van der Waals surface area contributed by atoms with Crippen LogP contribution < -0.4 is 4.90 Å². The Morgan fingerprint density at radius 1 is 1.15 bits per heavy atom. The normalized spacial score (nSPS) is 12.4. The number of pyridine rings is 1. The number of ketones is 1. The minimum Gasteiger partial charge on any atom is -0.347 e. The molecule has 0 radical (unpaired) electrons. The maximum Gasteiger partial charge on any atom is 0.164 e. The van der Waals surface area contributed by atoms with Gasteiger partial charge >= 0.3 is 0 Å². The van der Waals surface area contributed by atoms with Crippen LogP contribution in [0.3, 0.4) is 0 Å². The quantitative estimate of drug-likeness (QED) is 0.768. The van der Waals surface area contributed by atoms with Crippen LogP contribution in [0.25, 0.3) is 0 Å². The molecule has 1 aromatic heterocycles. The molecule has 0 atom stereocenters. The van der Waals surface area contributed by atoms with Crippen molar-refractivity contribution in [2.24, 2.45) is 0 Å². The third-order valence-electron chi connectivity index (χ3n) is 3.29. The van der Waals surface area contributed by atoms with Gasteiger partial charge in [-0.1, -0.05) is 6.92 Å². The van der Waals surface area contributed by atoms with Gasteiger partial charge < -0.3 is 4.90 Å². The predicted octanol–water partition coefficient (Wildman–Crippen LogP) is 4.39. The Morgan fingerprint density at radius 2 is 1.65 bits per heavy atom. The fraction of sp³-hybridized carbons (Fsp3) is 0.647. The molecule has 1 rings (SSSR count). The summed E-state index contributed by atoms with van der Waals surface area (Å²) in [6.45, 7) is 17.0. The van der Waals surface area contributed by atoms with Crippen LogP contribution in [0, 0.1) is 6.92 Å². The molecular formula is C17H28N2O. The van der Waals surface area contributed by atoms with Gasteiger partial charge in [0.1, 0.15) is 5.82 Å². The molecule has 0 aliphatic carbocycles. The molecule has 3 nitrogen and oxygen atoms in total. The second-order valence-corrected chi connectivity index (χ2v) is 7.31. The lowest BCUT2D eigenvalue weighted by atomic mass is 9.95. The maximum atomic E-state index is 11.9. The summed E-state index contributed by atoms with van der Waals surface area (Å²) in [5.41, 5.74) is 1.67. The molecule has 0 aliphatic rings. The molecule has 0 bridgehead atoms. The van der Waals surface area contributed by atoms with Crippen molar-refractivity contribution in [1.29, 1.82) is 0 Å². The lowest BCUT2D eigenvalue weighted by Gasteiger charge is -2.46. The summed E-state index contributed by atoms with van der Waals surface area (Å²) in [5, 5.41) is 0. The monoisotopic (exact) mass is 276 g/mol. The SMILES string of the molecule is CCC(=O)c1cnc(N(C(C)(C)C)C(C)(C)C)cc1C. The van der Waals surface area contributed by atoms with Crippen LogP contribution in [0.4, 0.5) is 5.82 Å². The van der Waals surface area contributed by atoms with Crippen LogP contribution in [-0.2, 0) is 0 Å². The Hall–Kier alpha value is -1.38. The van der Waals surface area contributed by atoms with Gasteiger partial charge in [0, 0.05) is 29.3 Å². The van der Waals surface area contributed by atoms with Crippen molar-refractivity contribution in [3.63, 3.8) is 0 Å². The van der Waals surface area contributed by atoms with Crippen LogP contribution in [0.1, 0.15) is 70.8 Å². The Bertz CT molecular complexity index is 479. The highest BCUT2D eigenvalue weighted by Crippen LogP contribution is 2.31. The third kappa shape index (κ3) is 3.59. The topological polar surface area (TPSA) is 33.2 Å². The lowest BCUT2D eigenvalue weighted by molar-refractivity contribution is 0.0987. The molecule has 1 heterocycles. The van der Waals surface area contributed by atoms with E-state index in [0.717, 1.165) is 16.9 Å². The highest BCUT2D eigenvalue weighted by molar-refractivity contribution is 5.97. The molecule has 0 unspecified atom stereocenters. The minimum atomic E-state index is -0.0338. The van der Waals surface area contributed by atoms with E-state index < -0.39 is 0 Å². The molecule has 20 heavy (non-hydrogen) atoms. The summed E-state index contributed by atoms with van der Waals surface area (Å²) in [5.74, 6) is 1.08. The van der Waals surface area contributed by atoms with Crippen LogP contribution in [0.2, 0.25) is 0 Å². The summed E-state index contributed by atoms with van der Waals surface area (Å²) in [4.78, 5) is 18.7. The zero-order valence-corrected chi connectivity index (χ0v) is 14.2. The van der Waals surface area contributed by atoms with E-state index in [1.54, 1.807) is 6.20 Å². The molecule has 0 aromatic carbocycles. The van der Waals surface area contributed by atoms with E-state index in [-0.39, 0.29) is 16.9 Å². The summed E-state index contributed by atoms with van der Waals surface area (Å²) < 4.78 is 0. The first-order chi connectivity index (χ1) is 8.98. The highest BCUT2D eigenvalue weighted by Gasteiger charge is 2.32. The largest absolute Gasteiger partial charge is 0.347 e. The summed E-state index contributed by atoms with van der Waals surface area (Å²) in [6, 6.07) is 2.03. The molecule has 112 valence electrons. The molecule has 0 amide bonds. The number of Topliss-reactive ketones (excluding diaryl/α,β-unsaturated/α-hetero) is 1. The summed E-state index contributed by atoms with van der Waals surface area (Å²) in [6.07, 6.45) is 2.24. The zero-order chi connectivity index (χ0) is 15.7. The smallest absolute Gasteiger partial charge is 0.164 e. The van der Waals surface area contributed by atoms with Gasteiger partial charge in [0.2, 0.25) is 0 Å². The lowest BCUT2D eigenvalue weighted by Crippen LogP contribution is -2.53. The number of aryl methyl sites for hydroxylation is 1. The molecule has 0 N–H and O–H groups in total. The number of hydrogen-bond acceptors (Lipinski definition) is 3. The van der Waals surface area contributed by atoms with Crippen molar-refractivity contribution in [3.05, 3.63) is 23.4 Å². The number of rotatable bonds is 3. The predicted molar refractivity (Wildman–Crippen MR) is 85.6 cm³/mol. The molecule has 0 spiro atoms. The number of carbonyl (C=O) groups is 1. The van der Waals surface area contributed by atoms with Crippen molar-refractivity contribution < 1.29 is 4.79 Å². The Morgan fingerprint density at radius 3 is 2.00 bits per heavy atom. The first-order valence-electron chi connectivity index (χ1n) is 7.28. The van der Waals surface area contributed by atoms with Crippen LogP contribution in [0.5, 0.6) is 0 Å². The minimum absolute atomic E-state index is 0.0338. The summed E-state index contributed by atoms with van der Waals surface area (Å²) >= 11 is 0. The van der Waals surface area contributed by atoms with Gasteiger partial charge in [-0.05, 0) is 60.1 Å². The van der Waals surface area contributed by atoms with Gasteiger partial charge in [0.15, 0.2) is 5.78 Å². The third-order valence-corrected chi connectivity index (χ3v) is 3.29. The van der Waals surface area contributed by atoms with E-state index >= 15 is 0 Å². The number of aromatic nitrogens is 1. The van der Waals surface area contributed by atoms with Gasteiger partial charge in [-0.25, -0.2) is 4.98 Å². The molecule has 0 saturated carbocycles. The van der Waals surface area contributed by atoms with Gasteiger partial charge in [-0.2, -0.15) is 0 Å². The number of nitrogens with zero attached hydrogens (tertiary/aromatic N) is 2. The second kappa shape index (κ2) is 5.55. The average Bonchev–Trinajstić information content (AvgIpc) is 2.24.